The normalized spacial score (nSPS) is 11.2. The van der Waals surface area contributed by atoms with Crippen LogP contribution in [0.2, 0.25) is 10.0 Å². The Morgan fingerprint density at radius 1 is 1.29 bits per heavy atom. The van der Waals surface area contributed by atoms with Gasteiger partial charge >= 0.3 is 0 Å². The molecular weight excluding hydrogens is 307 g/mol. The second-order valence-electron chi connectivity index (χ2n) is 5.43. The first-order valence-corrected chi connectivity index (χ1v) is 7.29. The monoisotopic (exact) mass is 322 g/mol. The maximum absolute atomic E-state index is 12.1. The average molecular weight is 323 g/mol. The Bertz CT molecular complexity index is 642. The van der Waals surface area contributed by atoms with E-state index in [2.05, 4.69) is 10.3 Å². The maximum atomic E-state index is 12.1. The van der Waals surface area contributed by atoms with Crippen molar-refractivity contribution in [2.24, 2.45) is 0 Å². The van der Waals surface area contributed by atoms with Crippen molar-refractivity contribution in [3.63, 3.8) is 0 Å². The Labute approximate surface area is 134 Å². The summed E-state index contributed by atoms with van der Waals surface area (Å²) in [5.41, 5.74) is 1.18. The SMILES string of the molecule is CC(C)(CNC(=O)c1cccnc1)c1ccc(Cl)cc1Cl. The maximum Gasteiger partial charge on any atom is 0.252 e. The number of rotatable bonds is 4. The van der Waals surface area contributed by atoms with E-state index in [1.54, 1.807) is 30.5 Å². The molecule has 2 rings (SSSR count). The molecule has 1 heterocycles. The lowest BCUT2D eigenvalue weighted by Gasteiger charge is -2.26. The van der Waals surface area contributed by atoms with Crippen molar-refractivity contribution in [1.82, 2.24) is 10.3 Å². The number of hydrogen-bond acceptors (Lipinski definition) is 2. The second-order valence-corrected chi connectivity index (χ2v) is 6.28. The third-order valence-electron chi connectivity index (χ3n) is 3.27. The van der Waals surface area contributed by atoms with E-state index >= 15 is 0 Å². The number of amides is 1. The van der Waals surface area contributed by atoms with Gasteiger partial charge in [0.15, 0.2) is 0 Å². The Hall–Kier alpha value is -1.58. The third-order valence-corrected chi connectivity index (χ3v) is 3.82. The minimum Gasteiger partial charge on any atom is -0.351 e. The minimum absolute atomic E-state index is 0.152. The molecule has 1 aromatic carbocycles. The molecule has 0 aliphatic carbocycles. The Kier molecular flexibility index (Phi) is 4.86. The van der Waals surface area contributed by atoms with Crippen molar-refractivity contribution in [3.05, 3.63) is 63.9 Å². The number of nitrogens with zero attached hydrogens (tertiary/aromatic N) is 1. The molecule has 0 saturated heterocycles. The lowest BCUT2D eigenvalue weighted by Crippen LogP contribution is -2.36. The predicted octanol–water partition coefficient (Wildman–Crippen LogP) is 4.10. The summed E-state index contributed by atoms with van der Waals surface area (Å²) in [5, 5.41) is 4.11. The first kappa shape index (κ1) is 15.8. The Balaban J connectivity index is 2.09. The predicted molar refractivity (Wildman–Crippen MR) is 86.1 cm³/mol. The number of halogens is 2. The smallest absolute Gasteiger partial charge is 0.252 e. The quantitative estimate of drug-likeness (QED) is 0.920. The topological polar surface area (TPSA) is 42.0 Å². The van der Waals surface area contributed by atoms with Crippen LogP contribution < -0.4 is 5.32 Å². The first-order chi connectivity index (χ1) is 9.90. The molecule has 0 radical (unpaired) electrons. The van der Waals surface area contributed by atoms with Gasteiger partial charge in [0.25, 0.3) is 5.91 Å². The number of carbonyl (C=O) groups is 1. The molecule has 1 amide bonds. The summed E-state index contributed by atoms with van der Waals surface area (Å²) in [4.78, 5) is 16.0. The van der Waals surface area contributed by atoms with Gasteiger partial charge in [-0.2, -0.15) is 0 Å². The fourth-order valence-corrected chi connectivity index (χ4v) is 2.70. The van der Waals surface area contributed by atoms with E-state index in [-0.39, 0.29) is 11.3 Å². The summed E-state index contributed by atoms with van der Waals surface area (Å²) in [7, 11) is 0. The van der Waals surface area contributed by atoms with E-state index in [9.17, 15) is 4.79 Å². The summed E-state index contributed by atoms with van der Waals surface area (Å²) < 4.78 is 0. The highest BCUT2D eigenvalue weighted by molar-refractivity contribution is 6.35. The van der Waals surface area contributed by atoms with Gasteiger partial charge in [-0.25, -0.2) is 0 Å². The largest absolute Gasteiger partial charge is 0.351 e. The van der Waals surface area contributed by atoms with Gasteiger partial charge in [-0.05, 0) is 29.8 Å². The standard InChI is InChI=1S/C16H16Cl2N2O/c1-16(2,13-6-5-12(17)8-14(13)18)10-20-15(21)11-4-3-7-19-9-11/h3-9H,10H2,1-2H3,(H,20,21). The molecule has 0 fully saturated rings. The summed E-state index contributed by atoms with van der Waals surface area (Å²) in [6.45, 7) is 4.50. The highest BCUT2D eigenvalue weighted by Gasteiger charge is 2.24. The van der Waals surface area contributed by atoms with E-state index in [4.69, 9.17) is 23.2 Å². The summed E-state index contributed by atoms with van der Waals surface area (Å²) >= 11 is 12.2. The number of pyridine rings is 1. The van der Waals surface area contributed by atoms with Crippen LogP contribution >= 0.6 is 23.2 Å². The molecule has 0 aliphatic rings. The van der Waals surface area contributed by atoms with Crippen LogP contribution in [0.15, 0.2) is 42.7 Å². The van der Waals surface area contributed by atoms with Gasteiger partial charge in [0, 0.05) is 34.4 Å². The summed E-state index contributed by atoms with van der Waals surface area (Å²) in [5.74, 6) is -0.152. The van der Waals surface area contributed by atoms with Gasteiger partial charge in [0.1, 0.15) is 0 Å². The van der Waals surface area contributed by atoms with Crippen LogP contribution in [-0.2, 0) is 5.41 Å². The molecule has 0 spiro atoms. The van der Waals surface area contributed by atoms with Gasteiger partial charge < -0.3 is 5.32 Å². The zero-order valence-electron chi connectivity index (χ0n) is 11.9. The molecule has 0 saturated carbocycles. The molecule has 3 nitrogen and oxygen atoms in total. The van der Waals surface area contributed by atoms with E-state index in [0.717, 1.165) is 5.56 Å². The second kappa shape index (κ2) is 6.46. The molecule has 2 aromatic rings. The lowest BCUT2D eigenvalue weighted by molar-refractivity contribution is 0.0945. The van der Waals surface area contributed by atoms with Crippen LogP contribution in [-0.4, -0.2) is 17.4 Å². The van der Waals surface area contributed by atoms with E-state index in [1.165, 1.54) is 6.20 Å². The van der Waals surface area contributed by atoms with Gasteiger partial charge in [-0.1, -0.05) is 43.1 Å². The molecule has 21 heavy (non-hydrogen) atoms. The lowest BCUT2D eigenvalue weighted by atomic mass is 9.84. The average Bonchev–Trinajstić information content (AvgIpc) is 2.45. The molecule has 1 aromatic heterocycles. The number of nitrogens with one attached hydrogen (secondary N) is 1. The highest BCUT2D eigenvalue weighted by atomic mass is 35.5. The molecular formula is C16H16Cl2N2O. The number of carbonyl (C=O) groups excluding carboxylic acids is 1. The van der Waals surface area contributed by atoms with Crippen molar-refractivity contribution in [3.8, 4) is 0 Å². The number of hydrogen-bond donors (Lipinski definition) is 1. The fraction of sp³-hybridized carbons (Fsp3) is 0.250. The number of benzene rings is 1. The van der Waals surface area contributed by atoms with Crippen LogP contribution in [0.1, 0.15) is 29.8 Å². The van der Waals surface area contributed by atoms with Crippen molar-refractivity contribution >= 4 is 29.1 Å². The van der Waals surface area contributed by atoms with Gasteiger partial charge in [-0.3, -0.25) is 9.78 Å². The third kappa shape index (κ3) is 3.96. The van der Waals surface area contributed by atoms with Crippen molar-refractivity contribution in [2.75, 3.05) is 6.54 Å². The van der Waals surface area contributed by atoms with Crippen LogP contribution in [0.5, 0.6) is 0 Å². The van der Waals surface area contributed by atoms with E-state index < -0.39 is 0 Å². The molecule has 0 atom stereocenters. The molecule has 0 unspecified atom stereocenters. The van der Waals surface area contributed by atoms with Gasteiger partial charge in [-0.15, -0.1) is 0 Å². The van der Waals surface area contributed by atoms with Crippen LogP contribution in [0, 0.1) is 0 Å². The van der Waals surface area contributed by atoms with Crippen molar-refractivity contribution in [1.29, 1.82) is 0 Å². The van der Waals surface area contributed by atoms with Crippen molar-refractivity contribution < 1.29 is 4.79 Å². The van der Waals surface area contributed by atoms with Crippen LogP contribution in [0.4, 0.5) is 0 Å². The van der Waals surface area contributed by atoms with Gasteiger partial charge in [0.2, 0.25) is 0 Å². The number of aromatic nitrogens is 1. The van der Waals surface area contributed by atoms with E-state index in [0.29, 0.717) is 22.2 Å². The molecule has 110 valence electrons. The minimum atomic E-state index is -0.306. The van der Waals surface area contributed by atoms with E-state index in [1.807, 2.05) is 19.9 Å². The first-order valence-electron chi connectivity index (χ1n) is 6.54. The molecule has 5 heteroatoms. The highest BCUT2D eigenvalue weighted by Crippen LogP contribution is 2.31. The van der Waals surface area contributed by atoms with Crippen LogP contribution in [0.3, 0.4) is 0 Å². The summed E-state index contributed by atoms with van der Waals surface area (Å²) in [6, 6.07) is 8.86. The van der Waals surface area contributed by atoms with Gasteiger partial charge in [0.05, 0.1) is 5.56 Å². The zero-order chi connectivity index (χ0) is 15.5. The molecule has 1 N–H and O–H groups in total. The van der Waals surface area contributed by atoms with Crippen LogP contribution in [0.25, 0.3) is 0 Å². The molecule has 0 aliphatic heterocycles. The fourth-order valence-electron chi connectivity index (χ4n) is 2.03. The zero-order valence-corrected chi connectivity index (χ0v) is 13.4. The Morgan fingerprint density at radius 3 is 2.67 bits per heavy atom. The summed E-state index contributed by atoms with van der Waals surface area (Å²) in [6.07, 6.45) is 3.17. The van der Waals surface area contributed by atoms with Crippen molar-refractivity contribution in [2.45, 2.75) is 19.3 Å². The Morgan fingerprint density at radius 2 is 2.05 bits per heavy atom. The molecule has 0 bridgehead atoms.